The number of para-hydroxylation sites is 1. The monoisotopic (exact) mass is 221 g/mol. The van der Waals surface area contributed by atoms with Gasteiger partial charge in [0.25, 0.3) is 0 Å². The molecule has 0 saturated heterocycles. The van der Waals surface area contributed by atoms with Crippen molar-refractivity contribution in [3.05, 3.63) is 29.8 Å². The minimum atomic E-state index is 0.743. The van der Waals surface area contributed by atoms with Crippen LogP contribution in [0.5, 0.6) is 0 Å². The van der Waals surface area contributed by atoms with Crippen molar-refractivity contribution in [2.45, 2.75) is 31.4 Å². The molecule has 1 aromatic carbocycles. The van der Waals surface area contributed by atoms with Crippen LogP contribution in [0.25, 0.3) is 0 Å². The van der Waals surface area contributed by atoms with Crippen LogP contribution >= 0.6 is 11.8 Å². The first-order chi connectivity index (χ1) is 7.27. The molecule has 1 aliphatic heterocycles. The SMILES string of the molecule is CC(C)SCC1CCNc2ccccc21. The lowest BCUT2D eigenvalue weighted by Gasteiger charge is -2.26. The molecule has 1 heterocycles. The standard InChI is InChI=1S/C13H19NS/c1-10(2)15-9-11-7-8-14-13-6-4-3-5-12(11)13/h3-6,10-11,14H,7-9H2,1-2H3. The van der Waals surface area contributed by atoms with E-state index in [4.69, 9.17) is 0 Å². The van der Waals surface area contributed by atoms with Gasteiger partial charge in [0.15, 0.2) is 0 Å². The molecule has 1 unspecified atom stereocenters. The maximum Gasteiger partial charge on any atom is 0.0375 e. The van der Waals surface area contributed by atoms with Crippen molar-refractivity contribution in [2.24, 2.45) is 0 Å². The number of benzene rings is 1. The Balaban J connectivity index is 2.08. The summed E-state index contributed by atoms with van der Waals surface area (Å²) in [6.07, 6.45) is 1.27. The van der Waals surface area contributed by atoms with Crippen LogP contribution in [0.2, 0.25) is 0 Å². The average Bonchev–Trinajstić information content (AvgIpc) is 2.26. The van der Waals surface area contributed by atoms with Gasteiger partial charge in [-0.15, -0.1) is 0 Å². The molecule has 1 nitrogen and oxygen atoms in total. The summed E-state index contributed by atoms with van der Waals surface area (Å²) in [4.78, 5) is 0. The third-order valence-corrected chi connectivity index (χ3v) is 4.10. The fourth-order valence-corrected chi connectivity index (χ4v) is 3.00. The van der Waals surface area contributed by atoms with Crippen LogP contribution in [0.15, 0.2) is 24.3 Å². The molecule has 2 rings (SSSR count). The van der Waals surface area contributed by atoms with Gasteiger partial charge < -0.3 is 5.32 Å². The summed E-state index contributed by atoms with van der Waals surface area (Å²) < 4.78 is 0. The zero-order chi connectivity index (χ0) is 10.7. The molecule has 0 spiro atoms. The summed E-state index contributed by atoms with van der Waals surface area (Å²) in [5, 5.41) is 4.21. The second kappa shape index (κ2) is 4.93. The zero-order valence-electron chi connectivity index (χ0n) is 9.49. The molecule has 1 N–H and O–H groups in total. The Morgan fingerprint density at radius 3 is 3.00 bits per heavy atom. The van der Waals surface area contributed by atoms with Crippen molar-refractivity contribution in [2.75, 3.05) is 17.6 Å². The van der Waals surface area contributed by atoms with Gasteiger partial charge in [-0.2, -0.15) is 11.8 Å². The van der Waals surface area contributed by atoms with Gasteiger partial charge in [-0.3, -0.25) is 0 Å². The van der Waals surface area contributed by atoms with E-state index >= 15 is 0 Å². The Kier molecular flexibility index (Phi) is 3.57. The van der Waals surface area contributed by atoms with Gasteiger partial charge in [-0.05, 0) is 29.2 Å². The first-order valence-corrected chi connectivity index (χ1v) is 6.76. The van der Waals surface area contributed by atoms with E-state index in [1.165, 1.54) is 23.4 Å². The van der Waals surface area contributed by atoms with E-state index in [2.05, 4.69) is 55.2 Å². The highest BCUT2D eigenvalue weighted by molar-refractivity contribution is 7.99. The summed E-state index contributed by atoms with van der Waals surface area (Å²) in [7, 11) is 0. The molecule has 15 heavy (non-hydrogen) atoms. The number of hydrogen-bond donors (Lipinski definition) is 1. The molecule has 0 fully saturated rings. The molecular weight excluding hydrogens is 202 g/mol. The van der Waals surface area contributed by atoms with E-state index in [9.17, 15) is 0 Å². The van der Waals surface area contributed by atoms with Crippen LogP contribution in [0.4, 0.5) is 5.69 Å². The van der Waals surface area contributed by atoms with E-state index in [0.29, 0.717) is 0 Å². The van der Waals surface area contributed by atoms with Gasteiger partial charge >= 0.3 is 0 Å². The summed E-state index contributed by atoms with van der Waals surface area (Å²) in [6, 6.07) is 8.73. The molecule has 0 aliphatic carbocycles. The summed E-state index contributed by atoms with van der Waals surface area (Å²) >= 11 is 2.07. The van der Waals surface area contributed by atoms with Crippen molar-refractivity contribution in [3.8, 4) is 0 Å². The van der Waals surface area contributed by atoms with E-state index in [-0.39, 0.29) is 0 Å². The Morgan fingerprint density at radius 1 is 1.40 bits per heavy atom. The smallest absolute Gasteiger partial charge is 0.0375 e. The maximum atomic E-state index is 3.47. The molecule has 82 valence electrons. The fraction of sp³-hybridized carbons (Fsp3) is 0.538. The number of nitrogens with one attached hydrogen (secondary N) is 1. The summed E-state index contributed by atoms with van der Waals surface area (Å²) in [6.45, 7) is 5.68. The summed E-state index contributed by atoms with van der Waals surface area (Å²) in [5.41, 5.74) is 2.86. The van der Waals surface area contributed by atoms with Crippen molar-refractivity contribution < 1.29 is 0 Å². The quantitative estimate of drug-likeness (QED) is 0.834. The lowest BCUT2D eigenvalue weighted by Crippen LogP contribution is -2.18. The van der Waals surface area contributed by atoms with Crippen LogP contribution in [-0.2, 0) is 0 Å². The van der Waals surface area contributed by atoms with E-state index in [1.807, 2.05) is 0 Å². The molecule has 0 saturated carbocycles. The van der Waals surface area contributed by atoms with Crippen LogP contribution in [0, 0.1) is 0 Å². The number of fused-ring (bicyclic) bond motifs is 1. The van der Waals surface area contributed by atoms with E-state index < -0.39 is 0 Å². The minimum absolute atomic E-state index is 0.743. The van der Waals surface area contributed by atoms with Crippen molar-refractivity contribution in [1.82, 2.24) is 0 Å². The van der Waals surface area contributed by atoms with Gasteiger partial charge in [0.05, 0.1) is 0 Å². The van der Waals surface area contributed by atoms with Crippen LogP contribution in [0.3, 0.4) is 0 Å². The van der Waals surface area contributed by atoms with Gasteiger partial charge in [0.2, 0.25) is 0 Å². The lowest BCUT2D eigenvalue weighted by molar-refractivity contribution is 0.692. The first-order valence-electron chi connectivity index (χ1n) is 5.72. The van der Waals surface area contributed by atoms with Crippen LogP contribution in [-0.4, -0.2) is 17.5 Å². The predicted octanol–water partition coefficient (Wildman–Crippen LogP) is 3.73. The topological polar surface area (TPSA) is 12.0 Å². The number of rotatable bonds is 3. The third kappa shape index (κ3) is 2.69. The molecule has 0 aromatic heterocycles. The van der Waals surface area contributed by atoms with Crippen molar-refractivity contribution in [3.63, 3.8) is 0 Å². The molecule has 0 bridgehead atoms. The Labute approximate surface area is 96.7 Å². The predicted molar refractivity (Wildman–Crippen MR) is 69.9 cm³/mol. The fourth-order valence-electron chi connectivity index (χ4n) is 2.03. The minimum Gasteiger partial charge on any atom is -0.385 e. The molecule has 2 heteroatoms. The van der Waals surface area contributed by atoms with E-state index in [1.54, 1.807) is 0 Å². The second-order valence-electron chi connectivity index (χ2n) is 4.38. The first kappa shape index (κ1) is 10.9. The van der Waals surface area contributed by atoms with Crippen molar-refractivity contribution in [1.29, 1.82) is 0 Å². The molecule has 1 aliphatic rings. The van der Waals surface area contributed by atoms with E-state index in [0.717, 1.165) is 17.7 Å². The molecule has 0 amide bonds. The molecule has 0 radical (unpaired) electrons. The average molecular weight is 221 g/mol. The normalized spacial score (nSPS) is 19.8. The van der Waals surface area contributed by atoms with Gasteiger partial charge in [0, 0.05) is 18.0 Å². The van der Waals surface area contributed by atoms with Gasteiger partial charge in [-0.1, -0.05) is 32.0 Å². The lowest BCUT2D eigenvalue weighted by atomic mass is 9.93. The van der Waals surface area contributed by atoms with Crippen LogP contribution < -0.4 is 5.32 Å². The molecular formula is C13H19NS. The van der Waals surface area contributed by atoms with Gasteiger partial charge in [0.1, 0.15) is 0 Å². The third-order valence-electron chi connectivity index (χ3n) is 2.84. The van der Waals surface area contributed by atoms with Crippen LogP contribution in [0.1, 0.15) is 31.7 Å². The Bertz CT molecular complexity index is 322. The highest BCUT2D eigenvalue weighted by atomic mass is 32.2. The summed E-state index contributed by atoms with van der Waals surface area (Å²) in [5.74, 6) is 2.01. The number of anilines is 1. The maximum absolute atomic E-state index is 3.47. The molecule has 1 atom stereocenters. The molecule has 1 aromatic rings. The zero-order valence-corrected chi connectivity index (χ0v) is 10.3. The Hall–Kier alpha value is -0.630. The highest BCUT2D eigenvalue weighted by Crippen LogP contribution is 2.34. The highest BCUT2D eigenvalue weighted by Gasteiger charge is 2.19. The Morgan fingerprint density at radius 2 is 2.20 bits per heavy atom. The van der Waals surface area contributed by atoms with Gasteiger partial charge in [-0.25, -0.2) is 0 Å². The number of hydrogen-bond acceptors (Lipinski definition) is 2. The van der Waals surface area contributed by atoms with Crippen molar-refractivity contribution >= 4 is 17.4 Å². The largest absolute Gasteiger partial charge is 0.385 e. The second-order valence-corrected chi connectivity index (χ2v) is 5.99. The number of thioether (sulfide) groups is 1.